The lowest BCUT2D eigenvalue weighted by molar-refractivity contribution is 0.0601. The molecule has 4 nitrogen and oxygen atoms in total. The summed E-state index contributed by atoms with van der Waals surface area (Å²) in [7, 11) is 1.37. The molecule has 1 atom stereocenters. The van der Waals surface area contributed by atoms with E-state index in [2.05, 4.69) is 0 Å². The second-order valence-corrected chi connectivity index (χ2v) is 5.55. The van der Waals surface area contributed by atoms with Gasteiger partial charge in [-0.1, -0.05) is 12.1 Å². The SMILES string of the molecule is COC(=O)c1c(N)cccc1CSCC1CCCO1. The van der Waals surface area contributed by atoms with Crippen LogP contribution in [0, 0.1) is 0 Å². The summed E-state index contributed by atoms with van der Waals surface area (Å²) in [6.45, 7) is 0.872. The molecule has 5 heteroatoms. The van der Waals surface area contributed by atoms with E-state index >= 15 is 0 Å². The Morgan fingerprint density at radius 3 is 3.11 bits per heavy atom. The van der Waals surface area contributed by atoms with Crippen LogP contribution in [0.5, 0.6) is 0 Å². The molecule has 0 bridgehead atoms. The molecule has 0 spiro atoms. The highest BCUT2D eigenvalue weighted by molar-refractivity contribution is 7.98. The number of rotatable bonds is 5. The van der Waals surface area contributed by atoms with Crippen molar-refractivity contribution in [1.82, 2.24) is 0 Å². The lowest BCUT2D eigenvalue weighted by atomic mass is 10.1. The van der Waals surface area contributed by atoms with Gasteiger partial charge in [0, 0.05) is 23.8 Å². The maximum absolute atomic E-state index is 11.7. The van der Waals surface area contributed by atoms with Crippen molar-refractivity contribution in [1.29, 1.82) is 0 Å². The molecular weight excluding hydrogens is 262 g/mol. The van der Waals surface area contributed by atoms with Crippen molar-refractivity contribution in [3.63, 3.8) is 0 Å². The Balaban J connectivity index is 1.98. The maximum Gasteiger partial charge on any atom is 0.340 e. The van der Waals surface area contributed by atoms with Gasteiger partial charge in [-0.15, -0.1) is 0 Å². The molecule has 2 N–H and O–H groups in total. The van der Waals surface area contributed by atoms with E-state index in [9.17, 15) is 4.79 Å². The summed E-state index contributed by atoms with van der Waals surface area (Å²) < 4.78 is 10.4. The molecule has 19 heavy (non-hydrogen) atoms. The number of nitrogen functional groups attached to an aromatic ring is 1. The van der Waals surface area contributed by atoms with Crippen LogP contribution in [0.25, 0.3) is 0 Å². The first-order valence-electron chi connectivity index (χ1n) is 6.37. The quantitative estimate of drug-likeness (QED) is 0.663. The summed E-state index contributed by atoms with van der Waals surface area (Å²) in [5.41, 5.74) is 7.75. The zero-order chi connectivity index (χ0) is 13.7. The predicted octanol–water partition coefficient (Wildman–Crippen LogP) is 2.47. The molecule has 104 valence electrons. The van der Waals surface area contributed by atoms with E-state index in [1.165, 1.54) is 7.11 Å². The Hall–Kier alpha value is -1.20. The molecule has 1 heterocycles. The second-order valence-electron chi connectivity index (χ2n) is 4.52. The number of nitrogens with two attached hydrogens (primary N) is 1. The molecule has 0 saturated carbocycles. The van der Waals surface area contributed by atoms with Crippen molar-refractivity contribution < 1.29 is 14.3 Å². The number of hydrogen-bond donors (Lipinski definition) is 1. The minimum atomic E-state index is -0.370. The van der Waals surface area contributed by atoms with Crippen molar-refractivity contribution in [3.8, 4) is 0 Å². The average molecular weight is 281 g/mol. The van der Waals surface area contributed by atoms with Gasteiger partial charge in [0.05, 0.1) is 18.8 Å². The van der Waals surface area contributed by atoms with Crippen LogP contribution < -0.4 is 5.73 Å². The van der Waals surface area contributed by atoms with Crippen LogP contribution >= 0.6 is 11.8 Å². The first kappa shape index (κ1) is 14.2. The summed E-state index contributed by atoms with van der Waals surface area (Å²) in [5.74, 6) is 1.33. The highest BCUT2D eigenvalue weighted by Crippen LogP contribution is 2.25. The minimum Gasteiger partial charge on any atom is -0.465 e. The number of carbonyl (C=O) groups excluding carboxylic acids is 1. The Morgan fingerprint density at radius 2 is 2.42 bits per heavy atom. The Morgan fingerprint density at radius 1 is 1.58 bits per heavy atom. The van der Waals surface area contributed by atoms with Gasteiger partial charge in [0.2, 0.25) is 0 Å². The van der Waals surface area contributed by atoms with Crippen molar-refractivity contribution >= 4 is 23.4 Å². The van der Waals surface area contributed by atoms with E-state index in [4.69, 9.17) is 15.2 Å². The number of methoxy groups -OCH3 is 1. The van der Waals surface area contributed by atoms with E-state index in [1.807, 2.05) is 12.1 Å². The molecular formula is C14H19NO3S. The van der Waals surface area contributed by atoms with Crippen LogP contribution in [0.1, 0.15) is 28.8 Å². The summed E-state index contributed by atoms with van der Waals surface area (Å²) in [4.78, 5) is 11.7. The third kappa shape index (κ3) is 3.64. The highest BCUT2D eigenvalue weighted by Gasteiger charge is 2.18. The van der Waals surface area contributed by atoms with E-state index in [0.29, 0.717) is 17.4 Å². The van der Waals surface area contributed by atoms with E-state index in [1.54, 1.807) is 17.8 Å². The largest absolute Gasteiger partial charge is 0.465 e. The second kappa shape index (κ2) is 6.82. The molecule has 1 unspecified atom stereocenters. The third-order valence-corrected chi connectivity index (χ3v) is 4.28. The van der Waals surface area contributed by atoms with Gasteiger partial charge in [0.15, 0.2) is 0 Å². The zero-order valence-electron chi connectivity index (χ0n) is 11.1. The van der Waals surface area contributed by atoms with Gasteiger partial charge in [-0.2, -0.15) is 11.8 Å². The summed E-state index contributed by atoms with van der Waals surface area (Å²) in [6.07, 6.45) is 2.64. The smallest absolute Gasteiger partial charge is 0.340 e. The summed E-state index contributed by atoms with van der Waals surface area (Å²) in [5, 5.41) is 0. The molecule has 0 aliphatic carbocycles. The molecule has 1 saturated heterocycles. The van der Waals surface area contributed by atoms with Crippen LogP contribution in [0.15, 0.2) is 18.2 Å². The van der Waals surface area contributed by atoms with Crippen LogP contribution in [0.4, 0.5) is 5.69 Å². The lowest BCUT2D eigenvalue weighted by Gasteiger charge is -2.12. The number of carbonyl (C=O) groups is 1. The van der Waals surface area contributed by atoms with Crippen LogP contribution in [0.2, 0.25) is 0 Å². The van der Waals surface area contributed by atoms with Crippen LogP contribution in [-0.2, 0) is 15.2 Å². The fourth-order valence-corrected chi connectivity index (χ4v) is 3.27. The van der Waals surface area contributed by atoms with Crippen molar-refractivity contribution in [3.05, 3.63) is 29.3 Å². The third-order valence-electron chi connectivity index (χ3n) is 3.16. The molecule has 1 aromatic carbocycles. The molecule has 0 radical (unpaired) electrons. The standard InChI is InChI=1S/C14H19NO3S/c1-17-14(16)13-10(4-2-6-12(13)15)8-19-9-11-5-3-7-18-11/h2,4,6,11H,3,5,7-9,15H2,1H3. The minimum absolute atomic E-state index is 0.354. The van der Waals surface area contributed by atoms with E-state index < -0.39 is 0 Å². The summed E-state index contributed by atoms with van der Waals surface area (Å²) >= 11 is 1.77. The normalized spacial score (nSPS) is 18.5. The van der Waals surface area contributed by atoms with Gasteiger partial charge in [-0.05, 0) is 24.5 Å². The Kier molecular flexibility index (Phi) is 5.10. The molecule has 1 aromatic rings. The van der Waals surface area contributed by atoms with Crippen molar-refractivity contribution in [2.45, 2.75) is 24.7 Å². The number of esters is 1. The molecule has 2 rings (SSSR count). The number of anilines is 1. The number of benzene rings is 1. The first-order chi connectivity index (χ1) is 9.22. The monoisotopic (exact) mass is 281 g/mol. The fraction of sp³-hybridized carbons (Fsp3) is 0.500. The van der Waals surface area contributed by atoms with Gasteiger partial charge in [-0.25, -0.2) is 4.79 Å². The summed E-state index contributed by atoms with van der Waals surface area (Å²) in [6, 6.07) is 5.51. The van der Waals surface area contributed by atoms with Gasteiger partial charge in [-0.3, -0.25) is 0 Å². The van der Waals surface area contributed by atoms with Gasteiger partial charge in [0.1, 0.15) is 0 Å². The number of ether oxygens (including phenoxy) is 2. The van der Waals surface area contributed by atoms with Crippen LogP contribution in [0.3, 0.4) is 0 Å². The van der Waals surface area contributed by atoms with Gasteiger partial charge in [0.25, 0.3) is 0 Å². The lowest BCUT2D eigenvalue weighted by Crippen LogP contribution is -2.11. The van der Waals surface area contributed by atoms with Gasteiger partial charge < -0.3 is 15.2 Å². The van der Waals surface area contributed by atoms with Crippen LogP contribution in [-0.4, -0.2) is 31.5 Å². The van der Waals surface area contributed by atoms with E-state index in [-0.39, 0.29) is 5.97 Å². The van der Waals surface area contributed by atoms with Gasteiger partial charge >= 0.3 is 5.97 Å². The van der Waals surface area contributed by atoms with E-state index in [0.717, 1.165) is 36.5 Å². The maximum atomic E-state index is 11.7. The zero-order valence-corrected chi connectivity index (χ0v) is 11.9. The molecule has 0 amide bonds. The van der Waals surface area contributed by atoms with Crippen molar-refractivity contribution in [2.75, 3.05) is 25.2 Å². The topological polar surface area (TPSA) is 61.5 Å². The number of thioether (sulfide) groups is 1. The predicted molar refractivity (Wildman–Crippen MR) is 77.3 cm³/mol. The molecule has 1 aliphatic rings. The number of hydrogen-bond acceptors (Lipinski definition) is 5. The Labute approximate surface area is 117 Å². The van der Waals surface area contributed by atoms with Crippen molar-refractivity contribution in [2.24, 2.45) is 0 Å². The molecule has 1 aliphatic heterocycles. The fourth-order valence-electron chi connectivity index (χ4n) is 2.17. The average Bonchev–Trinajstić information content (AvgIpc) is 2.91. The molecule has 0 aromatic heterocycles. The first-order valence-corrected chi connectivity index (χ1v) is 7.53. The Bertz CT molecular complexity index is 444. The highest BCUT2D eigenvalue weighted by atomic mass is 32.2. The molecule has 1 fully saturated rings.